The van der Waals surface area contributed by atoms with E-state index in [1.54, 1.807) is 43.4 Å². The molecule has 6 heteroatoms. The minimum Gasteiger partial charge on any atom is -0.497 e. The summed E-state index contributed by atoms with van der Waals surface area (Å²) < 4.78 is 16.4. The molecule has 2 aromatic carbocycles. The number of aldehydes is 1. The maximum Gasteiger partial charge on any atom is 0.261 e. The van der Waals surface area contributed by atoms with Crippen LogP contribution in [0.1, 0.15) is 34.8 Å². The van der Waals surface area contributed by atoms with Crippen LogP contribution >= 0.6 is 0 Å². The fraction of sp³-hybridized carbons (Fsp3) is 0.333. The van der Waals surface area contributed by atoms with Crippen LogP contribution in [0.2, 0.25) is 0 Å². The third-order valence-corrected chi connectivity index (χ3v) is 4.77. The van der Waals surface area contributed by atoms with Gasteiger partial charge in [-0.15, -0.1) is 0 Å². The number of para-hydroxylation sites is 1. The van der Waals surface area contributed by atoms with Crippen molar-refractivity contribution in [2.24, 2.45) is 0 Å². The lowest BCUT2D eigenvalue weighted by molar-refractivity contribution is -0.134. The van der Waals surface area contributed by atoms with E-state index in [0.717, 1.165) is 36.2 Å². The van der Waals surface area contributed by atoms with Gasteiger partial charge in [-0.2, -0.15) is 0 Å². The molecule has 1 aliphatic rings. The summed E-state index contributed by atoms with van der Waals surface area (Å²) in [5, 5.41) is 0. The first kappa shape index (κ1) is 18.8. The Kier molecular flexibility index (Phi) is 5.96. The van der Waals surface area contributed by atoms with E-state index >= 15 is 0 Å². The summed E-state index contributed by atoms with van der Waals surface area (Å²) in [6.07, 6.45) is 2.47. The van der Waals surface area contributed by atoms with Crippen molar-refractivity contribution >= 4 is 12.2 Å². The number of amides is 1. The summed E-state index contributed by atoms with van der Waals surface area (Å²) in [6, 6.07) is 12.4. The molecule has 2 aromatic rings. The van der Waals surface area contributed by atoms with Crippen molar-refractivity contribution in [2.75, 3.05) is 27.4 Å². The molecule has 0 bridgehead atoms. The summed E-state index contributed by atoms with van der Waals surface area (Å²) >= 11 is 0. The molecule has 1 heterocycles. The van der Waals surface area contributed by atoms with Crippen molar-refractivity contribution in [1.82, 2.24) is 4.90 Å². The Labute approximate surface area is 158 Å². The average molecular weight is 369 g/mol. The van der Waals surface area contributed by atoms with Crippen LogP contribution in [-0.2, 0) is 4.79 Å². The number of hydrogen-bond donors (Lipinski definition) is 0. The van der Waals surface area contributed by atoms with Gasteiger partial charge < -0.3 is 19.1 Å². The molecule has 1 saturated heterocycles. The molecule has 3 rings (SSSR count). The van der Waals surface area contributed by atoms with Crippen LogP contribution in [0, 0.1) is 0 Å². The predicted molar refractivity (Wildman–Crippen MR) is 101 cm³/mol. The highest BCUT2D eigenvalue weighted by molar-refractivity contribution is 5.81. The second-order valence-corrected chi connectivity index (χ2v) is 6.30. The zero-order valence-corrected chi connectivity index (χ0v) is 15.5. The Hall–Kier alpha value is -3.02. The summed E-state index contributed by atoms with van der Waals surface area (Å²) in [5.74, 6) is 1.74. The number of carbonyl (C=O) groups excluding carboxylic acids is 2. The molecule has 0 aliphatic carbocycles. The quantitative estimate of drug-likeness (QED) is 0.701. The van der Waals surface area contributed by atoms with Gasteiger partial charge in [0.1, 0.15) is 17.2 Å². The molecule has 1 amide bonds. The van der Waals surface area contributed by atoms with Gasteiger partial charge in [0, 0.05) is 12.1 Å². The van der Waals surface area contributed by atoms with Gasteiger partial charge in [-0.05, 0) is 43.2 Å². The Morgan fingerprint density at radius 3 is 2.70 bits per heavy atom. The van der Waals surface area contributed by atoms with E-state index < -0.39 is 0 Å². The molecule has 0 radical (unpaired) electrons. The van der Waals surface area contributed by atoms with Crippen LogP contribution in [0.25, 0.3) is 0 Å². The molecular weight excluding hydrogens is 346 g/mol. The average Bonchev–Trinajstić information content (AvgIpc) is 3.21. The molecule has 0 unspecified atom stereocenters. The third kappa shape index (κ3) is 4.05. The second kappa shape index (κ2) is 8.58. The van der Waals surface area contributed by atoms with Gasteiger partial charge in [0.05, 0.1) is 25.8 Å². The van der Waals surface area contributed by atoms with Crippen LogP contribution in [0.4, 0.5) is 0 Å². The Balaban J connectivity index is 1.76. The monoisotopic (exact) mass is 369 g/mol. The van der Waals surface area contributed by atoms with E-state index in [1.165, 1.54) is 0 Å². The van der Waals surface area contributed by atoms with E-state index in [2.05, 4.69) is 0 Å². The summed E-state index contributed by atoms with van der Waals surface area (Å²) in [7, 11) is 3.23. The van der Waals surface area contributed by atoms with E-state index in [1.807, 2.05) is 18.2 Å². The molecule has 0 aromatic heterocycles. The number of methoxy groups -OCH3 is 2. The topological polar surface area (TPSA) is 65.1 Å². The molecular formula is C21H23NO5. The molecule has 6 nitrogen and oxygen atoms in total. The van der Waals surface area contributed by atoms with Gasteiger partial charge in [-0.25, -0.2) is 0 Å². The highest BCUT2D eigenvalue weighted by atomic mass is 16.5. The van der Waals surface area contributed by atoms with Crippen LogP contribution in [0.15, 0.2) is 42.5 Å². The first-order valence-corrected chi connectivity index (χ1v) is 8.86. The Morgan fingerprint density at radius 2 is 1.96 bits per heavy atom. The van der Waals surface area contributed by atoms with E-state index in [-0.39, 0.29) is 18.6 Å². The van der Waals surface area contributed by atoms with Gasteiger partial charge in [-0.3, -0.25) is 9.59 Å². The second-order valence-electron chi connectivity index (χ2n) is 6.30. The summed E-state index contributed by atoms with van der Waals surface area (Å²) in [6.45, 7) is 0.538. The van der Waals surface area contributed by atoms with Crippen LogP contribution in [0.3, 0.4) is 0 Å². The first-order valence-electron chi connectivity index (χ1n) is 8.86. The van der Waals surface area contributed by atoms with Crippen LogP contribution in [-0.4, -0.2) is 44.5 Å². The van der Waals surface area contributed by atoms with Gasteiger partial charge in [0.25, 0.3) is 5.91 Å². The largest absolute Gasteiger partial charge is 0.497 e. The lowest BCUT2D eigenvalue weighted by Crippen LogP contribution is -2.34. The standard InChI is InChI=1S/C21H23NO5/c1-25-16-9-10-20(26-2)17(12-16)18-7-5-11-22(18)21(24)14-27-19-8-4-3-6-15(19)13-23/h3-4,6,8-10,12-13,18H,5,7,11,14H2,1-2H3/t18-/m0/s1. The molecule has 0 spiro atoms. The normalized spacial score (nSPS) is 16.1. The number of ether oxygens (including phenoxy) is 3. The highest BCUT2D eigenvalue weighted by Gasteiger charge is 2.32. The molecule has 1 fully saturated rings. The van der Waals surface area contributed by atoms with Gasteiger partial charge in [0.2, 0.25) is 0 Å². The SMILES string of the molecule is COc1ccc(OC)c([C@@H]2CCCN2C(=O)COc2ccccc2C=O)c1. The van der Waals surface area contributed by atoms with Gasteiger partial charge in [-0.1, -0.05) is 12.1 Å². The van der Waals surface area contributed by atoms with Crippen LogP contribution < -0.4 is 14.2 Å². The summed E-state index contributed by atoms with van der Waals surface area (Å²) in [5.41, 5.74) is 1.36. The van der Waals surface area contributed by atoms with Gasteiger partial charge in [0.15, 0.2) is 12.9 Å². The Morgan fingerprint density at radius 1 is 1.15 bits per heavy atom. The zero-order chi connectivity index (χ0) is 19.2. The van der Waals surface area contributed by atoms with E-state index in [4.69, 9.17) is 14.2 Å². The first-order chi connectivity index (χ1) is 13.2. The number of carbonyl (C=O) groups is 2. The van der Waals surface area contributed by atoms with Crippen molar-refractivity contribution in [3.63, 3.8) is 0 Å². The van der Waals surface area contributed by atoms with Crippen LogP contribution in [0.5, 0.6) is 17.2 Å². The highest BCUT2D eigenvalue weighted by Crippen LogP contribution is 2.39. The maximum atomic E-state index is 12.8. The molecule has 142 valence electrons. The van der Waals surface area contributed by atoms with E-state index in [9.17, 15) is 9.59 Å². The van der Waals surface area contributed by atoms with Crippen molar-refractivity contribution in [3.05, 3.63) is 53.6 Å². The fourth-order valence-corrected chi connectivity index (χ4v) is 3.42. The lowest BCUT2D eigenvalue weighted by atomic mass is 10.0. The molecule has 1 aliphatic heterocycles. The van der Waals surface area contributed by atoms with Crippen molar-refractivity contribution in [3.8, 4) is 17.2 Å². The maximum absolute atomic E-state index is 12.8. The number of likely N-dealkylation sites (tertiary alicyclic amines) is 1. The predicted octanol–water partition coefficient (Wildman–Crippen LogP) is 3.26. The van der Waals surface area contributed by atoms with Crippen molar-refractivity contribution in [1.29, 1.82) is 0 Å². The smallest absolute Gasteiger partial charge is 0.261 e. The number of hydrogen-bond acceptors (Lipinski definition) is 5. The molecule has 0 saturated carbocycles. The fourth-order valence-electron chi connectivity index (χ4n) is 3.42. The minimum absolute atomic E-state index is 0.0903. The Bertz CT molecular complexity index is 820. The molecule has 1 atom stereocenters. The van der Waals surface area contributed by atoms with E-state index in [0.29, 0.717) is 17.9 Å². The molecule has 0 N–H and O–H groups in total. The number of benzene rings is 2. The molecule has 27 heavy (non-hydrogen) atoms. The van der Waals surface area contributed by atoms with Gasteiger partial charge >= 0.3 is 0 Å². The lowest BCUT2D eigenvalue weighted by Gasteiger charge is -2.26. The zero-order valence-electron chi connectivity index (χ0n) is 15.5. The van der Waals surface area contributed by atoms with Crippen molar-refractivity contribution in [2.45, 2.75) is 18.9 Å². The van der Waals surface area contributed by atoms with Crippen molar-refractivity contribution < 1.29 is 23.8 Å². The summed E-state index contributed by atoms with van der Waals surface area (Å²) in [4.78, 5) is 25.7. The minimum atomic E-state index is -0.122. The number of nitrogens with zero attached hydrogens (tertiary/aromatic N) is 1. The third-order valence-electron chi connectivity index (χ3n) is 4.77. The number of rotatable bonds is 7.